The van der Waals surface area contributed by atoms with Crippen LogP contribution in [0.15, 0.2) is 22.7 Å². The van der Waals surface area contributed by atoms with E-state index in [1.165, 1.54) is 0 Å². The van der Waals surface area contributed by atoms with Crippen LogP contribution in [0.5, 0.6) is 5.75 Å². The van der Waals surface area contributed by atoms with Crippen molar-refractivity contribution in [1.29, 1.82) is 0 Å². The van der Waals surface area contributed by atoms with Crippen LogP contribution in [0.4, 0.5) is 0 Å². The number of aliphatic hydroxyl groups is 1. The first-order valence-electron chi connectivity index (χ1n) is 6.45. The zero-order valence-corrected chi connectivity index (χ0v) is 10.8. The largest absolute Gasteiger partial charge is 0.484 e. The van der Waals surface area contributed by atoms with Gasteiger partial charge in [-0.15, -0.1) is 0 Å². The molecule has 5 nitrogen and oxygen atoms in total. The molecular weight excluding hydrogens is 244 g/mol. The van der Waals surface area contributed by atoms with E-state index in [1.807, 2.05) is 18.2 Å². The van der Waals surface area contributed by atoms with Gasteiger partial charge >= 0.3 is 0 Å². The summed E-state index contributed by atoms with van der Waals surface area (Å²) in [5.41, 5.74) is 2.19. The molecule has 1 aliphatic rings. The minimum Gasteiger partial charge on any atom is -0.484 e. The number of hydrogen-bond acceptors (Lipinski definition) is 5. The van der Waals surface area contributed by atoms with Crippen molar-refractivity contribution in [3.05, 3.63) is 41.0 Å². The highest BCUT2D eigenvalue weighted by molar-refractivity contribution is 5.38. The van der Waals surface area contributed by atoms with E-state index in [4.69, 9.17) is 9.26 Å². The summed E-state index contributed by atoms with van der Waals surface area (Å²) in [6, 6.07) is 5.80. The third kappa shape index (κ3) is 2.61. The van der Waals surface area contributed by atoms with Crippen molar-refractivity contribution in [2.24, 2.45) is 0 Å². The number of benzene rings is 1. The maximum atomic E-state index is 9.89. The number of aromatic nitrogens is 2. The highest BCUT2D eigenvalue weighted by atomic mass is 16.5. The molecule has 0 bridgehead atoms. The van der Waals surface area contributed by atoms with Crippen molar-refractivity contribution >= 4 is 0 Å². The summed E-state index contributed by atoms with van der Waals surface area (Å²) >= 11 is 0. The molecular formula is C14H16N2O3. The average molecular weight is 260 g/mol. The lowest BCUT2D eigenvalue weighted by Crippen LogP contribution is -2.09. The Kier molecular flexibility index (Phi) is 3.21. The molecule has 0 saturated heterocycles. The Morgan fingerprint density at radius 1 is 1.47 bits per heavy atom. The van der Waals surface area contributed by atoms with Gasteiger partial charge in [0.15, 0.2) is 12.4 Å². The fourth-order valence-electron chi connectivity index (χ4n) is 2.40. The van der Waals surface area contributed by atoms with E-state index in [2.05, 4.69) is 10.1 Å². The van der Waals surface area contributed by atoms with Gasteiger partial charge in [0.25, 0.3) is 5.89 Å². The number of hydrogen-bond donors (Lipinski definition) is 1. The summed E-state index contributed by atoms with van der Waals surface area (Å²) in [6.07, 6.45) is 2.51. The summed E-state index contributed by atoms with van der Waals surface area (Å²) < 4.78 is 10.6. The van der Waals surface area contributed by atoms with Crippen molar-refractivity contribution in [1.82, 2.24) is 10.1 Å². The summed E-state index contributed by atoms with van der Waals surface area (Å²) in [5, 5.41) is 13.6. The first-order chi connectivity index (χ1) is 9.22. The van der Waals surface area contributed by atoms with Crippen LogP contribution >= 0.6 is 0 Å². The molecule has 1 aliphatic carbocycles. The molecule has 1 atom stereocenters. The van der Waals surface area contributed by atoms with Crippen LogP contribution in [0.1, 0.15) is 41.8 Å². The Morgan fingerprint density at radius 3 is 3.16 bits per heavy atom. The van der Waals surface area contributed by atoms with Crippen molar-refractivity contribution in [2.75, 3.05) is 0 Å². The van der Waals surface area contributed by atoms with Crippen LogP contribution in [-0.2, 0) is 13.0 Å². The van der Waals surface area contributed by atoms with Crippen LogP contribution < -0.4 is 4.74 Å². The summed E-state index contributed by atoms with van der Waals surface area (Å²) in [7, 11) is 0. The Morgan fingerprint density at radius 2 is 2.37 bits per heavy atom. The molecule has 0 amide bonds. The topological polar surface area (TPSA) is 68.4 Å². The summed E-state index contributed by atoms with van der Waals surface area (Å²) in [6.45, 7) is 2.04. The molecule has 2 aromatic rings. The zero-order valence-electron chi connectivity index (χ0n) is 10.8. The van der Waals surface area contributed by atoms with Crippen molar-refractivity contribution in [3.63, 3.8) is 0 Å². The van der Waals surface area contributed by atoms with Crippen LogP contribution in [0, 0.1) is 6.92 Å². The predicted octanol–water partition coefficient (Wildman–Crippen LogP) is 2.33. The van der Waals surface area contributed by atoms with Gasteiger partial charge in [-0.25, -0.2) is 0 Å². The van der Waals surface area contributed by atoms with Gasteiger partial charge in [0.1, 0.15) is 5.75 Å². The fourth-order valence-corrected chi connectivity index (χ4v) is 2.40. The number of fused-ring (bicyclic) bond motifs is 1. The van der Waals surface area contributed by atoms with Gasteiger partial charge in [-0.2, -0.15) is 4.98 Å². The van der Waals surface area contributed by atoms with Crippen LogP contribution in [0.3, 0.4) is 0 Å². The van der Waals surface area contributed by atoms with E-state index in [-0.39, 0.29) is 12.7 Å². The van der Waals surface area contributed by atoms with Gasteiger partial charge in [-0.05, 0) is 49.4 Å². The van der Waals surface area contributed by atoms with Crippen molar-refractivity contribution < 1.29 is 14.4 Å². The minimum absolute atomic E-state index is 0.266. The van der Waals surface area contributed by atoms with Crippen LogP contribution in [-0.4, -0.2) is 15.2 Å². The smallest absolute Gasteiger partial charge is 0.264 e. The predicted molar refractivity (Wildman–Crippen MR) is 67.7 cm³/mol. The van der Waals surface area contributed by atoms with Gasteiger partial charge in [0, 0.05) is 0 Å². The van der Waals surface area contributed by atoms with Gasteiger partial charge in [-0.3, -0.25) is 0 Å². The second kappa shape index (κ2) is 5.01. The van der Waals surface area contributed by atoms with Gasteiger partial charge in [0.2, 0.25) is 0 Å². The molecule has 0 fully saturated rings. The standard InChI is InChI=1S/C14H16N2O3/c1-9-15-14(19-16-9)8-18-11-5-6-12-10(7-11)3-2-4-13(12)17/h5-7,13,17H,2-4,8H2,1H3. The monoisotopic (exact) mass is 260 g/mol. The second-order valence-electron chi connectivity index (χ2n) is 4.79. The molecule has 19 heavy (non-hydrogen) atoms. The van der Waals surface area contributed by atoms with Gasteiger partial charge in [0.05, 0.1) is 6.10 Å². The number of rotatable bonds is 3. The molecule has 0 spiro atoms. The van der Waals surface area contributed by atoms with Gasteiger partial charge < -0.3 is 14.4 Å². The van der Waals surface area contributed by atoms with Crippen molar-refractivity contribution in [3.8, 4) is 5.75 Å². The number of ether oxygens (including phenoxy) is 1. The lowest BCUT2D eigenvalue weighted by atomic mass is 9.89. The molecule has 1 unspecified atom stereocenters. The molecule has 0 radical (unpaired) electrons. The molecule has 1 N–H and O–H groups in total. The Balaban J connectivity index is 1.72. The minimum atomic E-state index is -0.337. The van der Waals surface area contributed by atoms with Crippen molar-refractivity contribution in [2.45, 2.75) is 38.9 Å². The zero-order chi connectivity index (χ0) is 13.2. The van der Waals surface area contributed by atoms with E-state index in [9.17, 15) is 5.11 Å². The maximum absolute atomic E-state index is 9.89. The SMILES string of the molecule is Cc1noc(COc2ccc3c(c2)CCCC3O)n1. The van der Waals surface area contributed by atoms with E-state index in [0.717, 1.165) is 36.1 Å². The maximum Gasteiger partial charge on any atom is 0.264 e. The second-order valence-corrected chi connectivity index (χ2v) is 4.79. The molecule has 1 aromatic carbocycles. The third-order valence-electron chi connectivity index (χ3n) is 3.33. The van der Waals surface area contributed by atoms with Crippen LogP contribution in [0.2, 0.25) is 0 Å². The molecule has 1 heterocycles. The number of nitrogens with zero attached hydrogens (tertiary/aromatic N) is 2. The fraction of sp³-hybridized carbons (Fsp3) is 0.429. The van der Waals surface area contributed by atoms with E-state index in [1.54, 1.807) is 6.92 Å². The third-order valence-corrected chi connectivity index (χ3v) is 3.33. The summed E-state index contributed by atoms with van der Waals surface area (Å²) in [5.74, 6) is 1.84. The lowest BCUT2D eigenvalue weighted by molar-refractivity contribution is 0.156. The van der Waals surface area contributed by atoms with E-state index in [0.29, 0.717) is 11.7 Å². The summed E-state index contributed by atoms with van der Waals surface area (Å²) in [4.78, 5) is 4.08. The highest BCUT2D eigenvalue weighted by Crippen LogP contribution is 2.32. The van der Waals surface area contributed by atoms with Crippen LogP contribution in [0.25, 0.3) is 0 Å². The molecule has 0 saturated carbocycles. The normalized spacial score (nSPS) is 18.1. The average Bonchev–Trinajstić information content (AvgIpc) is 2.82. The molecule has 1 aromatic heterocycles. The highest BCUT2D eigenvalue weighted by Gasteiger charge is 2.18. The Hall–Kier alpha value is -1.88. The van der Waals surface area contributed by atoms with E-state index < -0.39 is 0 Å². The quantitative estimate of drug-likeness (QED) is 0.917. The van der Waals surface area contributed by atoms with E-state index >= 15 is 0 Å². The van der Waals surface area contributed by atoms with Gasteiger partial charge in [-0.1, -0.05) is 11.2 Å². The molecule has 5 heteroatoms. The number of aryl methyl sites for hydroxylation is 2. The Labute approximate surface area is 111 Å². The Bertz CT molecular complexity index is 580. The first-order valence-corrected chi connectivity index (χ1v) is 6.45. The molecule has 100 valence electrons. The lowest BCUT2D eigenvalue weighted by Gasteiger charge is -2.21. The molecule has 0 aliphatic heterocycles. The number of aliphatic hydroxyl groups excluding tert-OH is 1. The first kappa shape index (κ1) is 12.2. The molecule has 3 rings (SSSR count).